The second kappa shape index (κ2) is 9.51. The Kier molecular flexibility index (Phi) is 6.25. The number of ether oxygens (including phenoxy) is 1. The number of thioether (sulfide) groups is 1. The Morgan fingerprint density at radius 1 is 1.14 bits per heavy atom. The zero-order valence-electron chi connectivity index (χ0n) is 18.2. The maximum absolute atomic E-state index is 14.7. The predicted molar refractivity (Wildman–Crippen MR) is 134 cm³/mol. The molecule has 36 heavy (non-hydrogen) atoms. The van der Waals surface area contributed by atoms with E-state index >= 15 is 0 Å². The molecule has 1 amide bonds. The van der Waals surface area contributed by atoms with Gasteiger partial charge >= 0.3 is 0 Å². The number of fused-ring (bicyclic) bond motifs is 1. The number of nitrogens with one attached hydrogen (secondary N) is 2. The van der Waals surface area contributed by atoms with E-state index < -0.39 is 23.1 Å². The summed E-state index contributed by atoms with van der Waals surface area (Å²) < 4.78 is 35.0. The van der Waals surface area contributed by atoms with E-state index in [1.807, 2.05) is 0 Å². The van der Waals surface area contributed by atoms with Crippen LogP contribution in [0.1, 0.15) is 10.4 Å². The van der Waals surface area contributed by atoms with Crippen LogP contribution in [0.2, 0.25) is 5.02 Å². The highest BCUT2D eigenvalue weighted by molar-refractivity contribution is 7.99. The van der Waals surface area contributed by atoms with Crippen LogP contribution in [-0.2, 0) is 0 Å². The number of nitrogen functional groups attached to an aromatic ring is 1. The van der Waals surface area contributed by atoms with Crippen LogP contribution in [0, 0.1) is 11.6 Å². The molecule has 0 unspecified atom stereocenters. The fourth-order valence-electron chi connectivity index (χ4n) is 3.54. The van der Waals surface area contributed by atoms with E-state index in [0.29, 0.717) is 22.3 Å². The summed E-state index contributed by atoms with van der Waals surface area (Å²) in [6.07, 6.45) is 1.37. The van der Waals surface area contributed by atoms with Crippen molar-refractivity contribution in [2.75, 3.05) is 22.2 Å². The van der Waals surface area contributed by atoms with Gasteiger partial charge in [0, 0.05) is 24.0 Å². The van der Waals surface area contributed by atoms with Crippen LogP contribution in [0.15, 0.2) is 70.6 Å². The molecule has 8 nitrogen and oxygen atoms in total. The molecule has 4 aromatic rings. The summed E-state index contributed by atoms with van der Waals surface area (Å²) in [5, 5.41) is 6.28. The Morgan fingerprint density at radius 2 is 1.92 bits per heavy atom. The molecule has 0 saturated carbocycles. The van der Waals surface area contributed by atoms with Crippen molar-refractivity contribution in [3.8, 4) is 17.2 Å². The number of nitrogens with two attached hydrogens (primary N) is 1. The highest BCUT2D eigenvalue weighted by atomic mass is 35.5. The molecule has 1 aliphatic heterocycles. The maximum Gasteiger partial charge on any atom is 0.268 e. The number of amides is 1. The first kappa shape index (κ1) is 23.6. The number of halogens is 3. The zero-order valence-corrected chi connectivity index (χ0v) is 19.8. The molecule has 0 atom stereocenters. The lowest BCUT2D eigenvalue weighted by Gasteiger charge is -2.14. The molecule has 0 bridgehead atoms. The van der Waals surface area contributed by atoms with Gasteiger partial charge in [-0.2, -0.15) is 0 Å². The molecular formula is C24H16ClF2N5O3S. The quantitative estimate of drug-likeness (QED) is 0.324. The third kappa shape index (κ3) is 4.45. The number of nitrogens with zero attached hydrogens (tertiary/aromatic N) is 2. The third-order valence-electron chi connectivity index (χ3n) is 5.25. The highest BCUT2D eigenvalue weighted by Gasteiger charge is 2.24. The first-order chi connectivity index (χ1) is 17.3. The minimum absolute atomic E-state index is 0.0342. The molecule has 12 heteroatoms. The van der Waals surface area contributed by atoms with Crippen LogP contribution in [0.4, 0.5) is 26.0 Å². The van der Waals surface area contributed by atoms with E-state index in [1.165, 1.54) is 71.1 Å². The molecule has 0 fully saturated rings. The Bertz CT molecular complexity index is 1560. The summed E-state index contributed by atoms with van der Waals surface area (Å²) in [6, 6.07) is 12.0. The van der Waals surface area contributed by atoms with E-state index in [2.05, 4.69) is 15.6 Å². The van der Waals surface area contributed by atoms with Gasteiger partial charge in [0.1, 0.15) is 27.2 Å². The molecule has 2 aromatic carbocycles. The first-order valence-corrected chi connectivity index (χ1v) is 11.8. The molecule has 0 spiro atoms. The number of pyridine rings is 2. The van der Waals surface area contributed by atoms with Crippen molar-refractivity contribution in [1.29, 1.82) is 0 Å². The highest BCUT2D eigenvalue weighted by Crippen LogP contribution is 2.36. The van der Waals surface area contributed by atoms with Gasteiger partial charge in [-0.25, -0.2) is 13.8 Å². The summed E-state index contributed by atoms with van der Waals surface area (Å²) in [5.41, 5.74) is 5.95. The second-order valence-electron chi connectivity index (χ2n) is 7.57. The largest absolute Gasteiger partial charge is 0.453 e. The van der Waals surface area contributed by atoms with Gasteiger partial charge in [0.05, 0.1) is 17.3 Å². The lowest BCUT2D eigenvalue weighted by atomic mass is 10.2. The Hall–Kier alpha value is -4.09. The van der Waals surface area contributed by atoms with E-state index in [9.17, 15) is 18.4 Å². The van der Waals surface area contributed by atoms with Crippen LogP contribution in [-0.4, -0.2) is 21.3 Å². The van der Waals surface area contributed by atoms with Crippen molar-refractivity contribution in [3.05, 3.63) is 93.4 Å². The lowest BCUT2D eigenvalue weighted by molar-refractivity contribution is 0.102. The zero-order chi connectivity index (χ0) is 25.4. The Labute approximate surface area is 212 Å². The van der Waals surface area contributed by atoms with Crippen molar-refractivity contribution in [2.24, 2.45) is 0 Å². The average molecular weight is 528 g/mol. The van der Waals surface area contributed by atoms with Gasteiger partial charge in [-0.3, -0.25) is 14.2 Å². The fourth-order valence-corrected chi connectivity index (χ4v) is 4.66. The van der Waals surface area contributed by atoms with Gasteiger partial charge in [-0.1, -0.05) is 23.4 Å². The van der Waals surface area contributed by atoms with Gasteiger partial charge < -0.3 is 21.1 Å². The van der Waals surface area contributed by atoms with Gasteiger partial charge in [-0.05, 0) is 42.5 Å². The van der Waals surface area contributed by atoms with Crippen LogP contribution in [0.25, 0.3) is 5.69 Å². The molecule has 4 N–H and O–H groups in total. The van der Waals surface area contributed by atoms with E-state index in [-0.39, 0.29) is 33.6 Å². The molecule has 0 radical (unpaired) electrons. The number of anilines is 3. The fraction of sp³-hybridized carbons (Fsp3) is 0.0417. The van der Waals surface area contributed by atoms with Crippen molar-refractivity contribution in [2.45, 2.75) is 5.03 Å². The lowest BCUT2D eigenvalue weighted by Crippen LogP contribution is -2.29. The smallest absolute Gasteiger partial charge is 0.268 e. The van der Waals surface area contributed by atoms with Gasteiger partial charge in [0.15, 0.2) is 17.3 Å². The third-order valence-corrected chi connectivity index (χ3v) is 6.59. The van der Waals surface area contributed by atoms with Crippen LogP contribution < -0.4 is 26.7 Å². The SMILES string of the molecule is Nc1nccc(Oc2ccc(NC(=O)c3cc4c(n(-c5ccc(F)cc5)c3=O)SCN4)cc2F)c1Cl. The number of benzene rings is 2. The number of carbonyl (C=O) groups excluding carboxylic acids is 1. The minimum atomic E-state index is -0.782. The van der Waals surface area contributed by atoms with E-state index in [0.717, 1.165) is 6.07 Å². The normalized spacial score (nSPS) is 12.1. The number of aromatic nitrogens is 2. The number of carbonyl (C=O) groups is 1. The Balaban J connectivity index is 1.43. The molecule has 1 aliphatic rings. The topological polar surface area (TPSA) is 111 Å². The second-order valence-corrected chi connectivity index (χ2v) is 8.91. The number of hydrogen-bond acceptors (Lipinski definition) is 7. The average Bonchev–Trinajstić information content (AvgIpc) is 3.32. The molecule has 2 aromatic heterocycles. The van der Waals surface area contributed by atoms with Crippen LogP contribution in [0.3, 0.4) is 0 Å². The van der Waals surface area contributed by atoms with E-state index in [4.69, 9.17) is 22.1 Å². The molecule has 5 rings (SSSR count). The summed E-state index contributed by atoms with van der Waals surface area (Å²) >= 11 is 7.41. The standard InChI is InChI=1S/C24H16ClF2N5O3S/c25-20-19(7-8-29-21(20)28)35-18-6-3-13(9-16(18)27)31-22(33)15-10-17-24(36-11-30-17)32(23(15)34)14-4-1-12(26)2-5-14/h1-10,30H,11H2,(H2,28,29)(H,31,33). The summed E-state index contributed by atoms with van der Waals surface area (Å²) in [4.78, 5) is 30.1. The van der Waals surface area contributed by atoms with Crippen molar-refractivity contribution in [1.82, 2.24) is 9.55 Å². The van der Waals surface area contributed by atoms with E-state index in [1.54, 1.807) is 0 Å². The predicted octanol–water partition coefficient (Wildman–Crippen LogP) is 5.27. The summed E-state index contributed by atoms with van der Waals surface area (Å²) in [7, 11) is 0. The maximum atomic E-state index is 14.7. The van der Waals surface area contributed by atoms with Crippen molar-refractivity contribution >= 4 is 46.5 Å². The molecular weight excluding hydrogens is 512 g/mol. The molecule has 182 valence electrons. The molecule has 0 aliphatic carbocycles. The van der Waals surface area contributed by atoms with Crippen molar-refractivity contribution in [3.63, 3.8) is 0 Å². The van der Waals surface area contributed by atoms with Gasteiger partial charge in [0.2, 0.25) is 0 Å². The van der Waals surface area contributed by atoms with Gasteiger partial charge in [0.25, 0.3) is 11.5 Å². The monoisotopic (exact) mass is 527 g/mol. The molecule has 3 heterocycles. The van der Waals surface area contributed by atoms with Gasteiger partial charge in [-0.15, -0.1) is 0 Å². The molecule has 0 saturated heterocycles. The van der Waals surface area contributed by atoms with Crippen LogP contribution in [0.5, 0.6) is 11.5 Å². The summed E-state index contributed by atoms with van der Waals surface area (Å²) in [6.45, 7) is 0. The van der Waals surface area contributed by atoms with Crippen LogP contribution >= 0.6 is 23.4 Å². The first-order valence-electron chi connectivity index (χ1n) is 10.4. The number of hydrogen-bond donors (Lipinski definition) is 3. The Morgan fingerprint density at radius 3 is 2.67 bits per heavy atom. The minimum Gasteiger partial charge on any atom is -0.453 e. The van der Waals surface area contributed by atoms with Crippen molar-refractivity contribution < 1.29 is 18.3 Å². The summed E-state index contributed by atoms with van der Waals surface area (Å²) in [5.74, 6) is -1.48. The number of rotatable bonds is 5.